The molecule has 0 saturated heterocycles. The van der Waals surface area contributed by atoms with Crippen molar-refractivity contribution in [2.75, 3.05) is 19.0 Å². The Morgan fingerprint density at radius 3 is 2.60 bits per heavy atom. The Balaban J connectivity index is 1.90. The largest absolute Gasteiger partial charge is 0.497 e. The van der Waals surface area contributed by atoms with Crippen LogP contribution >= 0.6 is 15.9 Å². The highest BCUT2D eigenvalue weighted by Crippen LogP contribution is 2.27. The first kappa shape index (κ1) is 14.9. The van der Waals surface area contributed by atoms with Crippen LogP contribution in [0.4, 0.5) is 5.69 Å². The lowest BCUT2D eigenvalue weighted by atomic mass is 9.98. The molecule has 0 spiro atoms. The van der Waals surface area contributed by atoms with E-state index >= 15 is 0 Å². The lowest BCUT2D eigenvalue weighted by Crippen LogP contribution is -2.06. The minimum atomic E-state index is 0.549. The fraction of sp³-hybridized carbons (Fsp3) is 0.294. The molecule has 0 bridgehead atoms. The van der Waals surface area contributed by atoms with E-state index in [4.69, 9.17) is 4.74 Å². The number of anilines is 1. The summed E-state index contributed by atoms with van der Waals surface area (Å²) in [6.45, 7) is 3.19. The van der Waals surface area contributed by atoms with Gasteiger partial charge in [-0.05, 0) is 46.0 Å². The third-order valence-corrected chi connectivity index (χ3v) is 4.13. The van der Waals surface area contributed by atoms with Gasteiger partial charge in [-0.15, -0.1) is 0 Å². The molecule has 0 aliphatic carbocycles. The molecule has 0 aliphatic rings. The molecule has 0 amide bonds. The zero-order chi connectivity index (χ0) is 14.4. The third kappa shape index (κ3) is 4.01. The maximum Gasteiger partial charge on any atom is 0.121 e. The predicted molar refractivity (Wildman–Crippen MR) is 88.7 cm³/mol. The number of hydrogen-bond donors (Lipinski definition) is 1. The van der Waals surface area contributed by atoms with Crippen molar-refractivity contribution in [3.05, 3.63) is 58.6 Å². The SMILES string of the molecule is COc1ccc(Br)c(NCCC(C)c2ccccc2)c1. The molecule has 0 aromatic heterocycles. The van der Waals surface area contributed by atoms with Crippen LogP contribution in [0.5, 0.6) is 5.75 Å². The van der Waals surface area contributed by atoms with Crippen molar-refractivity contribution < 1.29 is 4.74 Å². The monoisotopic (exact) mass is 333 g/mol. The van der Waals surface area contributed by atoms with Crippen molar-refractivity contribution in [2.45, 2.75) is 19.3 Å². The molecule has 2 aromatic rings. The van der Waals surface area contributed by atoms with Crippen molar-refractivity contribution in [3.63, 3.8) is 0 Å². The first-order chi connectivity index (χ1) is 9.70. The molecule has 2 rings (SSSR count). The van der Waals surface area contributed by atoms with Gasteiger partial charge in [0, 0.05) is 17.1 Å². The summed E-state index contributed by atoms with van der Waals surface area (Å²) < 4.78 is 6.31. The van der Waals surface area contributed by atoms with Gasteiger partial charge in [-0.1, -0.05) is 37.3 Å². The van der Waals surface area contributed by atoms with Crippen LogP contribution in [0.2, 0.25) is 0 Å². The molecule has 1 unspecified atom stereocenters. The summed E-state index contributed by atoms with van der Waals surface area (Å²) in [5, 5.41) is 3.46. The maximum absolute atomic E-state index is 5.25. The second-order valence-electron chi connectivity index (χ2n) is 4.87. The van der Waals surface area contributed by atoms with Crippen LogP contribution < -0.4 is 10.1 Å². The van der Waals surface area contributed by atoms with Crippen LogP contribution in [0.3, 0.4) is 0 Å². The van der Waals surface area contributed by atoms with Gasteiger partial charge in [0.05, 0.1) is 12.8 Å². The van der Waals surface area contributed by atoms with Crippen LogP contribution in [0, 0.1) is 0 Å². The van der Waals surface area contributed by atoms with E-state index in [1.807, 2.05) is 18.2 Å². The van der Waals surface area contributed by atoms with Gasteiger partial charge in [-0.2, -0.15) is 0 Å². The lowest BCUT2D eigenvalue weighted by Gasteiger charge is -2.14. The number of halogens is 1. The van der Waals surface area contributed by atoms with Crippen LogP contribution in [0.25, 0.3) is 0 Å². The average Bonchev–Trinajstić information content (AvgIpc) is 2.50. The van der Waals surface area contributed by atoms with E-state index in [0.717, 1.165) is 28.9 Å². The van der Waals surface area contributed by atoms with Gasteiger partial charge in [0.2, 0.25) is 0 Å². The van der Waals surface area contributed by atoms with Crippen molar-refractivity contribution in [1.29, 1.82) is 0 Å². The van der Waals surface area contributed by atoms with E-state index < -0.39 is 0 Å². The Hall–Kier alpha value is -1.48. The molecule has 106 valence electrons. The summed E-state index contributed by atoms with van der Waals surface area (Å²) in [6, 6.07) is 16.6. The molecule has 2 nitrogen and oxygen atoms in total. The highest BCUT2D eigenvalue weighted by atomic mass is 79.9. The number of ether oxygens (including phenoxy) is 1. The first-order valence-electron chi connectivity index (χ1n) is 6.83. The highest BCUT2D eigenvalue weighted by Gasteiger charge is 2.06. The summed E-state index contributed by atoms with van der Waals surface area (Å²) in [7, 11) is 1.69. The Labute approximate surface area is 129 Å². The molecular weight excluding hydrogens is 314 g/mol. The molecule has 0 fully saturated rings. The van der Waals surface area contributed by atoms with Crippen molar-refractivity contribution in [3.8, 4) is 5.75 Å². The predicted octanol–water partition coefficient (Wildman–Crippen LogP) is 5.06. The molecule has 0 saturated carbocycles. The molecule has 2 aromatic carbocycles. The highest BCUT2D eigenvalue weighted by molar-refractivity contribution is 9.10. The number of rotatable bonds is 6. The second-order valence-corrected chi connectivity index (χ2v) is 5.73. The van der Waals surface area contributed by atoms with Gasteiger partial charge in [-0.3, -0.25) is 0 Å². The molecule has 1 atom stereocenters. The Kier molecular flexibility index (Phi) is 5.48. The van der Waals surface area contributed by atoms with E-state index in [1.54, 1.807) is 7.11 Å². The average molecular weight is 334 g/mol. The number of nitrogens with one attached hydrogen (secondary N) is 1. The van der Waals surface area contributed by atoms with Crippen LogP contribution in [0.1, 0.15) is 24.8 Å². The van der Waals surface area contributed by atoms with E-state index in [-0.39, 0.29) is 0 Å². The van der Waals surface area contributed by atoms with E-state index in [1.165, 1.54) is 5.56 Å². The summed E-state index contributed by atoms with van der Waals surface area (Å²) in [5.41, 5.74) is 2.46. The summed E-state index contributed by atoms with van der Waals surface area (Å²) in [4.78, 5) is 0. The number of benzene rings is 2. The van der Waals surface area contributed by atoms with Gasteiger partial charge in [-0.25, -0.2) is 0 Å². The topological polar surface area (TPSA) is 21.3 Å². The summed E-state index contributed by atoms with van der Waals surface area (Å²) >= 11 is 3.55. The van der Waals surface area contributed by atoms with Gasteiger partial charge in [0.25, 0.3) is 0 Å². The number of methoxy groups -OCH3 is 1. The zero-order valence-corrected chi connectivity index (χ0v) is 13.5. The Morgan fingerprint density at radius 2 is 1.90 bits per heavy atom. The molecular formula is C17H20BrNO. The minimum Gasteiger partial charge on any atom is -0.497 e. The maximum atomic E-state index is 5.25. The summed E-state index contributed by atoms with van der Waals surface area (Å²) in [5.74, 6) is 1.42. The molecule has 0 heterocycles. The minimum absolute atomic E-state index is 0.549. The van der Waals surface area contributed by atoms with Crippen LogP contribution in [-0.2, 0) is 0 Å². The molecule has 1 N–H and O–H groups in total. The van der Waals surface area contributed by atoms with Gasteiger partial charge < -0.3 is 10.1 Å². The van der Waals surface area contributed by atoms with Gasteiger partial charge in [0.1, 0.15) is 5.75 Å². The standard InChI is InChI=1S/C17H20BrNO/c1-13(14-6-4-3-5-7-14)10-11-19-17-12-15(20-2)8-9-16(17)18/h3-9,12-13,19H,10-11H2,1-2H3. The third-order valence-electron chi connectivity index (χ3n) is 3.43. The Morgan fingerprint density at radius 1 is 1.15 bits per heavy atom. The summed E-state index contributed by atoms with van der Waals surface area (Å²) in [6.07, 6.45) is 1.09. The van der Waals surface area contributed by atoms with Crippen molar-refractivity contribution in [2.24, 2.45) is 0 Å². The molecule has 0 aliphatic heterocycles. The van der Waals surface area contributed by atoms with Crippen LogP contribution in [-0.4, -0.2) is 13.7 Å². The van der Waals surface area contributed by atoms with Crippen LogP contribution in [0.15, 0.2) is 53.0 Å². The smallest absolute Gasteiger partial charge is 0.121 e. The fourth-order valence-corrected chi connectivity index (χ4v) is 2.53. The molecule has 3 heteroatoms. The molecule has 20 heavy (non-hydrogen) atoms. The fourth-order valence-electron chi connectivity index (χ4n) is 2.14. The first-order valence-corrected chi connectivity index (χ1v) is 7.62. The normalized spacial score (nSPS) is 11.9. The van der Waals surface area contributed by atoms with Crippen molar-refractivity contribution in [1.82, 2.24) is 0 Å². The second kappa shape index (κ2) is 7.34. The van der Waals surface area contributed by atoms with Crippen molar-refractivity contribution >= 4 is 21.6 Å². The molecule has 0 radical (unpaired) electrons. The van der Waals surface area contributed by atoms with Gasteiger partial charge in [0.15, 0.2) is 0 Å². The Bertz CT molecular complexity index is 542. The van der Waals surface area contributed by atoms with Gasteiger partial charge >= 0.3 is 0 Å². The zero-order valence-electron chi connectivity index (χ0n) is 11.9. The quantitative estimate of drug-likeness (QED) is 0.797. The van der Waals surface area contributed by atoms with E-state index in [2.05, 4.69) is 58.5 Å². The van der Waals surface area contributed by atoms with E-state index in [9.17, 15) is 0 Å². The lowest BCUT2D eigenvalue weighted by molar-refractivity contribution is 0.415. The number of hydrogen-bond acceptors (Lipinski definition) is 2. The van der Waals surface area contributed by atoms with E-state index in [0.29, 0.717) is 5.92 Å².